The van der Waals surface area contributed by atoms with E-state index in [-0.39, 0.29) is 0 Å². The molecule has 2 rings (SSSR count). The third kappa shape index (κ3) is 4.55. The van der Waals surface area contributed by atoms with E-state index in [1.165, 1.54) is 5.56 Å². The molecule has 2 heteroatoms. The molecule has 1 aromatic rings. The monoisotopic (exact) mass is 228 g/mol. The molecule has 1 aliphatic heterocycles. The van der Waals surface area contributed by atoms with Gasteiger partial charge in [0, 0.05) is 32.7 Å². The molecule has 0 amide bonds. The highest BCUT2D eigenvalue weighted by Crippen LogP contribution is 2.01. The van der Waals surface area contributed by atoms with Crippen LogP contribution in [0.4, 0.5) is 0 Å². The molecule has 2 nitrogen and oxygen atoms in total. The van der Waals surface area contributed by atoms with Crippen LogP contribution in [0.15, 0.2) is 48.6 Å². The molecule has 1 aromatic carbocycles. The van der Waals surface area contributed by atoms with Crippen molar-refractivity contribution in [2.75, 3.05) is 32.7 Å². The number of benzene rings is 1. The minimum atomic E-state index is 1.06. The summed E-state index contributed by atoms with van der Waals surface area (Å²) in [5.41, 5.74) is 1.25. The van der Waals surface area contributed by atoms with Crippen molar-refractivity contribution in [3.8, 4) is 0 Å². The van der Waals surface area contributed by atoms with E-state index in [0.29, 0.717) is 0 Å². The number of piperazine rings is 1. The molecule has 0 atom stereocenters. The SMILES string of the molecule is C(C=Cc1ccccc1)=CCN1CCNCC1. The van der Waals surface area contributed by atoms with E-state index in [9.17, 15) is 0 Å². The first-order valence-electron chi connectivity index (χ1n) is 6.26. The van der Waals surface area contributed by atoms with Crippen LogP contribution in [0.25, 0.3) is 6.08 Å². The topological polar surface area (TPSA) is 15.3 Å². The molecule has 0 bridgehead atoms. The Balaban J connectivity index is 1.72. The Morgan fingerprint density at radius 2 is 1.82 bits per heavy atom. The fourth-order valence-corrected chi connectivity index (χ4v) is 1.91. The van der Waals surface area contributed by atoms with Gasteiger partial charge in [-0.25, -0.2) is 0 Å². The van der Waals surface area contributed by atoms with E-state index in [1.807, 2.05) is 6.07 Å². The molecule has 1 saturated heterocycles. The lowest BCUT2D eigenvalue weighted by atomic mass is 10.2. The molecular formula is C15H20N2. The summed E-state index contributed by atoms with van der Waals surface area (Å²) < 4.78 is 0. The standard InChI is InChI=1S/C15H20N2/c1-3-7-15(8-4-1)9-5-2-6-12-17-13-10-16-11-14-17/h1-9,16H,10-14H2. The average Bonchev–Trinajstić information content (AvgIpc) is 2.41. The van der Waals surface area contributed by atoms with E-state index < -0.39 is 0 Å². The van der Waals surface area contributed by atoms with E-state index in [4.69, 9.17) is 0 Å². The summed E-state index contributed by atoms with van der Waals surface area (Å²) in [6.45, 7) is 5.61. The van der Waals surface area contributed by atoms with Crippen LogP contribution in [-0.2, 0) is 0 Å². The van der Waals surface area contributed by atoms with Gasteiger partial charge in [-0.2, -0.15) is 0 Å². The molecule has 90 valence electrons. The van der Waals surface area contributed by atoms with Crippen molar-refractivity contribution in [3.05, 3.63) is 54.1 Å². The molecule has 1 aliphatic rings. The van der Waals surface area contributed by atoms with Crippen molar-refractivity contribution in [1.82, 2.24) is 10.2 Å². The zero-order valence-electron chi connectivity index (χ0n) is 10.2. The summed E-state index contributed by atoms with van der Waals surface area (Å²) in [4.78, 5) is 2.46. The Labute approximate surface area is 104 Å². The minimum Gasteiger partial charge on any atom is -0.314 e. The molecular weight excluding hydrogens is 208 g/mol. The predicted octanol–water partition coefficient (Wildman–Crippen LogP) is 2.16. The zero-order valence-corrected chi connectivity index (χ0v) is 10.2. The van der Waals surface area contributed by atoms with Crippen LogP contribution in [0.2, 0.25) is 0 Å². The van der Waals surface area contributed by atoms with Gasteiger partial charge in [0.15, 0.2) is 0 Å². The third-order valence-corrected chi connectivity index (χ3v) is 2.91. The van der Waals surface area contributed by atoms with Crippen LogP contribution >= 0.6 is 0 Å². The van der Waals surface area contributed by atoms with Crippen LogP contribution in [0.3, 0.4) is 0 Å². The number of hydrogen-bond acceptors (Lipinski definition) is 2. The molecule has 0 aliphatic carbocycles. The molecule has 0 aromatic heterocycles. The number of hydrogen-bond donors (Lipinski definition) is 1. The molecule has 0 radical (unpaired) electrons. The van der Waals surface area contributed by atoms with E-state index in [1.54, 1.807) is 0 Å². The van der Waals surface area contributed by atoms with Gasteiger partial charge >= 0.3 is 0 Å². The van der Waals surface area contributed by atoms with Gasteiger partial charge in [-0.1, -0.05) is 54.6 Å². The Kier molecular flexibility index (Phi) is 5.01. The Morgan fingerprint density at radius 1 is 1.06 bits per heavy atom. The van der Waals surface area contributed by atoms with Crippen LogP contribution < -0.4 is 5.32 Å². The normalized spacial score (nSPS) is 18.1. The van der Waals surface area contributed by atoms with Crippen molar-refractivity contribution in [2.45, 2.75) is 0 Å². The van der Waals surface area contributed by atoms with Crippen molar-refractivity contribution < 1.29 is 0 Å². The fraction of sp³-hybridized carbons (Fsp3) is 0.333. The van der Waals surface area contributed by atoms with Gasteiger partial charge in [-0.3, -0.25) is 4.90 Å². The highest BCUT2D eigenvalue weighted by molar-refractivity contribution is 5.50. The van der Waals surface area contributed by atoms with E-state index >= 15 is 0 Å². The lowest BCUT2D eigenvalue weighted by Gasteiger charge is -2.25. The number of rotatable bonds is 4. The Hall–Kier alpha value is -1.38. The first kappa shape index (κ1) is 12.1. The summed E-state index contributed by atoms with van der Waals surface area (Å²) in [5.74, 6) is 0. The quantitative estimate of drug-likeness (QED) is 0.794. The smallest absolute Gasteiger partial charge is 0.0167 e. The summed E-state index contributed by atoms with van der Waals surface area (Å²) in [6, 6.07) is 10.4. The second-order valence-electron chi connectivity index (χ2n) is 4.25. The zero-order chi connectivity index (χ0) is 11.8. The maximum Gasteiger partial charge on any atom is 0.0167 e. The number of allylic oxidation sites excluding steroid dienone is 2. The maximum absolute atomic E-state index is 3.36. The van der Waals surface area contributed by atoms with Gasteiger partial charge in [0.1, 0.15) is 0 Å². The van der Waals surface area contributed by atoms with Crippen LogP contribution in [0.5, 0.6) is 0 Å². The van der Waals surface area contributed by atoms with Gasteiger partial charge in [0.2, 0.25) is 0 Å². The predicted molar refractivity (Wildman–Crippen MR) is 73.9 cm³/mol. The summed E-state index contributed by atoms with van der Waals surface area (Å²) in [7, 11) is 0. The lowest BCUT2D eigenvalue weighted by molar-refractivity contribution is 0.265. The van der Waals surface area contributed by atoms with Crippen molar-refractivity contribution in [1.29, 1.82) is 0 Å². The first-order valence-corrected chi connectivity index (χ1v) is 6.26. The molecule has 0 unspecified atom stereocenters. The molecule has 1 heterocycles. The molecule has 0 saturated carbocycles. The molecule has 1 fully saturated rings. The van der Waals surface area contributed by atoms with Gasteiger partial charge in [0.25, 0.3) is 0 Å². The second kappa shape index (κ2) is 7.05. The Morgan fingerprint density at radius 3 is 2.59 bits per heavy atom. The maximum atomic E-state index is 3.36. The molecule has 0 spiro atoms. The van der Waals surface area contributed by atoms with Crippen LogP contribution in [-0.4, -0.2) is 37.6 Å². The van der Waals surface area contributed by atoms with Gasteiger partial charge in [0.05, 0.1) is 0 Å². The fourth-order valence-electron chi connectivity index (χ4n) is 1.91. The minimum absolute atomic E-state index is 1.06. The number of nitrogens with one attached hydrogen (secondary N) is 1. The summed E-state index contributed by atoms with van der Waals surface area (Å²) in [6.07, 6.45) is 8.60. The average molecular weight is 228 g/mol. The van der Waals surface area contributed by atoms with Crippen molar-refractivity contribution in [2.24, 2.45) is 0 Å². The van der Waals surface area contributed by atoms with Crippen LogP contribution in [0, 0.1) is 0 Å². The number of nitrogens with zero attached hydrogens (tertiary/aromatic N) is 1. The summed E-state index contributed by atoms with van der Waals surface area (Å²) >= 11 is 0. The first-order chi connectivity index (χ1) is 8.45. The molecule has 17 heavy (non-hydrogen) atoms. The van der Waals surface area contributed by atoms with Crippen molar-refractivity contribution in [3.63, 3.8) is 0 Å². The second-order valence-corrected chi connectivity index (χ2v) is 4.25. The largest absolute Gasteiger partial charge is 0.314 e. The van der Waals surface area contributed by atoms with Gasteiger partial charge in [-0.15, -0.1) is 0 Å². The summed E-state index contributed by atoms with van der Waals surface area (Å²) in [5, 5.41) is 3.36. The van der Waals surface area contributed by atoms with E-state index in [0.717, 1.165) is 32.7 Å². The highest BCUT2D eigenvalue weighted by Gasteiger charge is 2.05. The lowest BCUT2D eigenvalue weighted by Crippen LogP contribution is -2.43. The van der Waals surface area contributed by atoms with E-state index in [2.05, 4.69) is 58.8 Å². The molecule has 1 N–H and O–H groups in total. The Bertz CT molecular complexity index is 362. The third-order valence-electron chi connectivity index (χ3n) is 2.91. The van der Waals surface area contributed by atoms with Crippen LogP contribution in [0.1, 0.15) is 5.56 Å². The van der Waals surface area contributed by atoms with Gasteiger partial charge in [-0.05, 0) is 5.56 Å². The van der Waals surface area contributed by atoms with Crippen molar-refractivity contribution >= 4 is 6.08 Å². The van der Waals surface area contributed by atoms with Gasteiger partial charge < -0.3 is 5.32 Å². The highest BCUT2D eigenvalue weighted by atomic mass is 15.2.